The van der Waals surface area contributed by atoms with E-state index in [9.17, 15) is 28.3 Å². The summed E-state index contributed by atoms with van der Waals surface area (Å²) >= 11 is 0. The number of benzene rings is 2. The fourth-order valence-corrected chi connectivity index (χ4v) is 2.98. The van der Waals surface area contributed by atoms with E-state index in [2.05, 4.69) is 0 Å². The second kappa shape index (κ2) is 7.59. The van der Waals surface area contributed by atoms with Crippen LogP contribution >= 0.6 is 0 Å². The fraction of sp³-hybridized carbons (Fsp3) is 0.150. The first-order chi connectivity index (χ1) is 13.3. The lowest BCUT2D eigenvalue weighted by atomic mass is 10.0. The molecule has 0 unspecified atom stereocenters. The van der Waals surface area contributed by atoms with Gasteiger partial charge in [-0.2, -0.15) is 0 Å². The van der Waals surface area contributed by atoms with Crippen molar-refractivity contribution in [3.8, 4) is 5.75 Å². The second-order valence-corrected chi connectivity index (χ2v) is 6.17. The van der Waals surface area contributed by atoms with Crippen molar-refractivity contribution >= 4 is 22.7 Å². The second-order valence-electron chi connectivity index (χ2n) is 6.17. The van der Waals surface area contributed by atoms with Crippen LogP contribution in [0.5, 0.6) is 5.75 Å². The van der Waals surface area contributed by atoms with E-state index in [4.69, 9.17) is 5.11 Å². The molecule has 144 valence electrons. The Bertz CT molecular complexity index is 1140. The van der Waals surface area contributed by atoms with E-state index in [-0.39, 0.29) is 11.9 Å². The van der Waals surface area contributed by atoms with Crippen LogP contribution in [0.1, 0.15) is 28.8 Å². The molecule has 2 N–H and O–H groups in total. The van der Waals surface area contributed by atoms with Crippen molar-refractivity contribution in [3.05, 3.63) is 75.6 Å². The summed E-state index contributed by atoms with van der Waals surface area (Å²) in [4.78, 5) is 36.0. The number of carboxylic acid groups (broad SMARTS) is 1. The lowest BCUT2D eigenvalue weighted by molar-refractivity contribution is -0.136. The van der Waals surface area contributed by atoms with Crippen molar-refractivity contribution in [2.75, 3.05) is 0 Å². The number of aromatic nitrogens is 1. The Morgan fingerprint density at radius 3 is 2.32 bits per heavy atom. The van der Waals surface area contributed by atoms with Gasteiger partial charge in [-0.05, 0) is 17.7 Å². The molecule has 0 aliphatic heterocycles. The summed E-state index contributed by atoms with van der Waals surface area (Å²) in [6.45, 7) is -0.171. The van der Waals surface area contributed by atoms with E-state index in [1.807, 2.05) is 0 Å². The number of rotatable bonds is 6. The van der Waals surface area contributed by atoms with Crippen LogP contribution in [0.15, 0.2) is 47.3 Å². The lowest BCUT2D eigenvalue weighted by Crippen LogP contribution is -2.28. The van der Waals surface area contributed by atoms with Gasteiger partial charge >= 0.3 is 5.97 Å². The van der Waals surface area contributed by atoms with Crippen molar-refractivity contribution < 1.29 is 28.6 Å². The number of halogens is 2. The van der Waals surface area contributed by atoms with Crippen molar-refractivity contribution in [2.45, 2.75) is 19.4 Å². The van der Waals surface area contributed by atoms with Gasteiger partial charge in [-0.15, -0.1) is 0 Å². The first kappa shape index (κ1) is 19.2. The average molecular weight is 387 g/mol. The molecule has 0 amide bonds. The summed E-state index contributed by atoms with van der Waals surface area (Å²) in [7, 11) is 0. The summed E-state index contributed by atoms with van der Waals surface area (Å²) in [5.74, 6) is -5.47. The van der Waals surface area contributed by atoms with Crippen LogP contribution in [0.25, 0.3) is 10.9 Å². The van der Waals surface area contributed by atoms with E-state index in [0.717, 1.165) is 16.7 Å². The molecule has 0 aliphatic rings. The molecule has 0 spiro atoms. The molecule has 1 aromatic heterocycles. The highest BCUT2D eigenvalue weighted by Crippen LogP contribution is 2.30. The van der Waals surface area contributed by atoms with Crippen LogP contribution in [0.2, 0.25) is 0 Å². The maximum absolute atomic E-state index is 14.5. The predicted octanol–water partition coefficient (Wildman–Crippen LogP) is 3.08. The molecule has 0 fully saturated rings. The van der Waals surface area contributed by atoms with Crippen LogP contribution in [0, 0.1) is 11.6 Å². The summed E-state index contributed by atoms with van der Waals surface area (Å²) in [5, 5.41) is 18.9. The highest BCUT2D eigenvalue weighted by molar-refractivity contribution is 6.04. The summed E-state index contributed by atoms with van der Waals surface area (Å²) in [6, 6.07) is 10.3. The minimum absolute atomic E-state index is 0.171. The van der Waals surface area contributed by atoms with Gasteiger partial charge in [-0.25, -0.2) is 8.78 Å². The van der Waals surface area contributed by atoms with Crippen molar-refractivity contribution in [3.63, 3.8) is 0 Å². The van der Waals surface area contributed by atoms with Gasteiger partial charge < -0.3 is 14.8 Å². The largest absolute Gasteiger partial charge is 0.506 e. The molecule has 0 bridgehead atoms. The van der Waals surface area contributed by atoms with Crippen molar-refractivity contribution in [1.29, 1.82) is 0 Å². The molecule has 0 saturated heterocycles. The van der Waals surface area contributed by atoms with Crippen LogP contribution in [-0.2, 0) is 11.3 Å². The zero-order valence-electron chi connectivity index (χ0n) is 14.5. The number of hydrogen-bond donors (Lipinski definition) is 2. The zero-order chi connectivity index (χ0) is 20.4. The maximum Gasteiger partial charge on any atom is 0.303 e. The number of fused-ring (bicyclic) bond motifs is 1. The Labute approximate surface area is 157 Å². The normalized spacial score (nSPS) is 10.9. The first-order valence-corrected chi connectivity index (χ1v) is 8.33. The highest BCUT2D eigenvalue weighted by atomic mass is 19.2. The lowest BCUT2D eigenvalue weighted by Gasteiger charge is -2.15. The molecule has 0 atom stereocenters. The quantitative estimate of drug-likeness (QED) is 0.634. The molecule has 8 heteroatoms. The van der Waals surface area contributed by atoms with Gasteiger partial charge in [0.15, 0.2) is 17.4 Å². The van der Waals surface area contributed by atoms with Gasteiger partial charge in [0, 0.05) is 11.8 Å². The third-order valence-electron chi connectivity index (χ3n) is 4.32. The monoisotopic (exact) mass is 387 g/mol. The van der Waals surface area contributed by atoms with E-state index < -0.39 is 58.6 Å². The Morgan fingerprint density at radius 2 is 1.68 bits per heavy atom. The number of carbonyl (C=O) groups is 2. The Kier molecular flexibility index (Phi) is 5.21. The van der Waals surface area contributed by atoms with Gasteiger partial charge in [-0.3, -0.25) is 14.4 Å². The molecular weight excluding hydrogens is 372 g/mol. The van der Waals surface area contributed by atoms with Gasteiger partial charge in [0.05, 0.1) is 18.5 Å². The van der Waals surface area contributed by atoms with Crippen LogP contribution in [0.3, 0.4) is 0 Å². The van der Waals surface area contributed by atoms with Crippen molar-refractivity contribution in [2.24, 2.45) is 0 Å². The minimum Gasteiger partial charge on any atom is -0.506 e. The Balaban J connectivity index is 2.28. The predicted molar refractivity (Wildman–Crippen MR) is 96.5 cm³/mol. The maximum atomic E-state index is 14.5. The number of carboxylic acids is 1. The third kappa shape index (κ3) is 3.48. The summed E-state index contributed by atoms with van der Waals surface area (Å²) in [5.41, 5.74) is -1.55. The number of carbonyl (C=O) groups excluding carboxylic acids is 1. The smallest absolute Gasteiger partial charge is 0.303 e. The average Bonchev–Trinajstić information content (AvgIpc) is 2.66. The zero-order valence-corrected chi connectivity index (χ0v) is 14.5. The molecule has 6 nitrogen and oxygen atoms in total. The van der Waals surface area contributed by atoms with Crippen molar-refractivity contribution in [1.82, 2.24) is 4.57 Å². The molecule has 28 heavy (non-hydrogen) atoms. The Morgan fingerprint density at radius 1 is 1.00 bits per heavy atom. The topological polar surface area (TPSA) is 96.6 Å². The third-order valence-corrected chi connectivity index (χ3v) is 4.32. The van der Waals surface area contributed by atoms with Gasteiger partial charge in [0.2, 0.25) is 0 Å². The number of nitrogens with zero attached hydrogens (tertiary/aromatic N) is 1. The van der Waals surface area contributed by atoms with E-state index in [1.54, 1.807) is 30.3 Å². The molecule has 0 saturated carbocycles. The molecule has 0 radical (unpaired) electrons. The highest BCUT2D eigenvalue weighted by Gasteiger charge is 2.25. The molecule has 1 heterocycles. The minimum atomic E-state index is -1.33. The van der Waals surface area contributed by atoms with Gasteiger partial charge in [-0.1, -0.05) is 30.3 Å². The van der Waals surface area contributed by atoms with Crippen LogP contribution in [-0.4, -0.2) is 26.5 Å². The van der Waals surface area contributed by atoms with Gasteiger partial charge in [0.25, 0.3) is 5.56 Å². The van der Waals surface area contributed by atoms with E-state index in [1.165, 1.54) is 0 Å². The number of aromatic hydroxyl groups is 1. The molecule has 3 rings (SSSR count). The standard InChI is InChI=1S/C20H15F2NO5/c21-13-7-6-12-18(17(13)22)23(10-11-4-2-1-3-5-11)20(28)16(19(12)27)14(24)8-9-15(25)26/h1-7,27H,8-10H2,(H,25,26). The fourth-order valence-electron chi connectivity index (χ4n) is 2.98. The van der Waals surface area contributed by atoms with E-state index >= 15 is 0 Å². The summed E-state index contributed by atoms with van der Waals surface area (Å²) in [6.07, 6.45) is -1.05. The number of hydrogen-bond acceptors (Lipinski definition) is 4. The number of Topliss-reactive ketones (excluding diaryl/α,β-unsaturated/α-hetero) is 1. The number of ketones is 1. The first-order valence-electron chi connectivity index (χ1n) is 8.33. The van der Waals surface area contributed by atoms with Crippen LogP contribution in [0.4, 0.5) is 8.78 Å². The van der Waals surface area contributed by atoms with E-state index in [0.29, 0.717) is 5.56 Å². The number of aliphatic carboxylic acids is 1. The molecule has 0 aliphatic carbocycles. The summed E-state index contributed by atoms with van der Waals surface area (Å²) < 4.78 is 29.2. The molecular formula is C20H15F2NO5. The van der Waals surface area contributed by atoms with Crippen LogP contribution < -0.4 is 5.56 Å². The molecule has 2 aromatic carbocycles. The Hall–Kier alpha value is -3.55. The molecule has 3 aromatic rings. The number of pyridine rings is 1. The SMILES string of the molecule is O=C(O)CCC(=O)c1c(O)c2ccc(F)c(F)c2n(Cc2ccccc2)c1=O. The van der Waals surface area contributed by atoms with Gasteiger partial charge in [0.1, 0.15) is 11.3 Å².